The number of nitrogens with zero attached hydrogens (tertiary/aromatic N) is 10. The summed E-state index contributed by atoms with van der Waals surface area (Å²) >= 11 is 0. The van der Waals surface area contributed by atoms with Gasteiger partial charge in [0.05, 0.1) is 36.0 Å². The summed E-state index contributed by atoms with van der Waals surface area (Å²) in [5.41, 5.74) is 3.14. The van der Waals surface area contributed by atoms with E-state index in [0.717, 1.165) is 120 Å². The van der Waals surface area contributed by atoms with Crippen LogP contribution in [0.5, 0.6) is 0 Å². The van der Waals surface area contributed by atoms with E-state index in [4.69, 9.17) is 9.97 Å². The molecule has 1 aliphatic carbocycles. The molecule has 4 saturated heterocycles. The number of rotatable bonds is 12. The van der Waals surface area contributed by atoms with Gasteiger partial charge in [0.1, 0.15) is 29.0 Å². The number of piperazine rings is 2. The molecular formula is C50H61F2N11O5. The Bertz CT molecular complexity index is 2670. The van der Waals surface area contributed by atoms with Gasteiger partial charge in [-0.3, -0.25) is 48.6 Å². The van der Waals surface area contributed by atoms with Crippen LogP contribution in [-0.4, -0.2) is 154 Å². The lowest BCUT2D eigenvalue weighted by molar-refractivity contribution is -0.136. The first-order valence-electron chi connectivity index (χ1n) is 24.6. The number of amides is 3. The Morgan fingerprint density at radius 1 is 0.809 bits per heavy atom. The van der Waals surface area contributed by atoms with E-state index in [1.54, 1.807) is 15.7 Å². The van der Waals surface area contributed by atoms with E-state index in [1.165, 1.54) is 11.8 Å². The van der Waals surface area contributed by atoms with Crippen molar-refractivity contribution in [2.75, 3.05) is 94.9 Å². The van der Waals surface area contributed by atoms with Gasteiger partial charge in [0.2, 0.25) is 11.8 Å². The van der Waals surface area contributed by atoms with Gasteiger partial charge < -0.3 is 19.6 Å². The number of ketones is 1. The first kappa shape index (κ1) is 46.0. The number of pyridine rings is 2. The molecule has 68 heavy (non-hydrogen) atoms. The number of imide groups is 1. The molecule has 0 spiro atoms. The van der Waals surface area contributed by atoms with Crippen LogP contribution in [-0.2, 0) is 22.6 Å². The number of halogens is 2. The van der Waals surface area contributed by atoms with Gasteiger partial charge in [0.15, 0.2) is 11.6 Å². The highest BCUT2D eigenvalue weighted by Gasteiger charge is 2.42. The minimum atomic E-state index is -0.888. The SMILES string of the molecule is CC(=O)c1c(C)c2cnc(Cc3ccc(N4CCN(CCN5CCC(CN6CCN(c7c(F)cc8c(c7F)CN(C7CCC(=O)NC7=O)C8=O)CC6)CC5)CC4)cn3)nc2n(C2CCCC2)c1=O. The molecule has 1 aromatic carbocycles. The fourth-order valence-corrected chi connectivity index (χ4v) is 11.6. The third-order valence-electron chi connectivity index (χ3n) is 15.5. The molecule has 6 aliphatic rings. The van der Waals surface area contributed by atoms with Crippen molar-refractivity contribution in [1.82, 2.24) is 44.4 Å². The van der Waals surface area contributed by atoms with E-state index >= 15 is 8.78 Å². The molecule has 3 amide bonds. The minimum absolute atomic E-state index is 0.0351. The van der Waals surface area contributed by atoms with Crippen molar-refractivity contribution in [1.29, 1.82) is 0 Å². The summed E-state index contributed by atoms with van der Waals surface area (Å²) in [6.07, 6.45) is 10.5. The highest BCUT2D eigenvalue weighted by Crippen LogP contribution is 2.37. The normalized spacial score (nSPS) is 21.6. The zero-order chi connectivity index (χ0) is 47.2. The second-order valence-electron chi connectivity index (χ2n) is 19.7. The number of aromatic nitrogens is 4. The van der Waals surface area contributed by atoms with Crippen LogP contribution in [0.4, 0.5) is 20.2 Å². The van der Waals surface area contributed by atoms with Gasteiger partial charge in [-0.15, -0.1) is 0 Å². The molecule has 8 heterocycles. The highest BCUT2D eigenvalue weighted by atomic mass is 19.1. The lowest BCUT2D eigenvalue weighted by Crippen LogP contribution is -2.52. The van der Waals surface area contributed by atoms with E-state index in [-0.39, 0.29) is 59.1 Å². The smallest absolute Gasteiger partial charge is 0.263 e. The Morgan fingerprint density at radius 2 is 1.50 bits per heavy atom. The number of hydrogen-bond donors (Lipinski definition) is 1. The van der Waals surface area contributed by atoms with Crippen LogP contribution in [0.15, 0.2) is 35.4 Å². The molecule has 5 aliphatic heterocycles. The molecule has 0 bridgehead atoms. The molecule has 5 fully saturated rings. The fourth-order valence-electron chi connectivity index (χ4n) is 11.6. The predicted octanol–water partition coefficient (Wildman–Crippen LogP) is 4.10. The second kappa shape index (κ2) is 19.3. The van der Waals surface area contributed by atoms with Crippen molar-refractivity contribution in [3.63, 3.8) is 0 Å². The topological polar surface area (TPSA) is 160 Å². The van der Waals surface area contributed by atoms with Crippen LogP contribution in [0.2, 0.25) is 0 Å². The van der Waals surface area contributed by atoms with E-state index in [1.807, 2.05) is 19.2 Å². The Morgan fingerprint density at radius 3 is 2.18 bits per heavy atom. The van der Waals surface area contributed by atoms with Crippen LogP contribution < -0.4 is 20.7 Å². The van der Waals surface area contributed by atoms with Crippen LogP contribution in [0.1, 0.15) is 108 Å². The number of Topliss-reactive ketones (excluding diaryl/α,β-unsaturated/α-hetero) is 1. The average Bonchev–Trinajstić information content (AvgIpc) is 3.98. The maximum absolute atomic E-state index is 16.0. The number of carbonyl (C=O) groups excluding carboxylic acids is 4. The number of carbonyl (C=O) groups is 4. The van der Waals surface area contributed by atoms with Crippen molar-refractivity contribution < 1.29 is 28.0 Å². The number of fused-ring (bicyclic) bond motifs is 2. The number of anilines is 2. The molecule has 16 nitrogen and oxygen atoms in total. The summed E-state index contributed by atoms with van der Waals surface area (Å²) in [5, 5.41) is 3.00. The van der Waals surface area contributed by atoms with Gasteiger partial charge in [-0.05, 0) is 88.7 Å². The van der Waals surface area contributed by atoms with Crippen molar-refractivity contribution in [3.05, 3.63) is 86.4 Å². The average molecular weight is 934 g/mol. The van der Waals surface area contributed by atoms with Crippen molar-refractivity contribution >= 4 is 45.9 Å². The summed E-state index contributed by atoms with van der Waals surface area (Å²) in [4.78, 5) is 90.7. The molecule has 1 saturated carbocycles. The van der Waals surface area contributed by atoms with E-state index in [2.05, 4.69) is 36.0 Å². The first-order valence-corrected chi connectivity index (χ1v) is 24.6. The van der Waals surface area contributed by atoms with Gasteiger partial charge in [0.25, 0.3) is 11.5 Å². The standard InChI is InChI=1S/C50H61F2N11O5/c1-31-38-28-54-42(55-47(38)63(35-5-3-4-6-35)50(68)44(31)32(2)64)25-34-7-8-36(27-53-34)60-21-17-58(18-22-60)16-15-57-13-11-33(12-14-57)29-59-19-23-61(24-20-59)46-40(51)26-37-39(45(46)52)30-62(49(37)67)41-9-10-43(65)56-48(41)66/h7-8,26-28,33,35,41H,3-6,9-25,29-30H2,1-2H3,(H,56,65,66). The first-order chi connectivity index (χ1) is 32.9. The monoisotopic (exact) mass is 933 g/mol. The van der Waals surface area contributed by atoms with E-state index < -0.39 is 35.4 Å². The summed E-state index contributed by atoms with van der Waals surface area (Å²) in [7, 11) is 0. The van der Waals surface area contributed by atoms with Gasteiger partial charge in [-0.1, -0.05) is 12.8 Å². The molecule has 0 radical (unpaired) electrons. The Hall–Kier alpha value is -5.72. The number of aryl methyl sites for hydroxylation is 1. The van der Waals surface area contributed by atoms with E-state index in [0.29, 0.717) is 55.6 Å². The molecule has 18 heteroatoms. The minimum Gasteiger partial charge on any atom is -0.368 e. The third-order valence-corrected chi connectivity index (χ3v) is 15.5. The Kier molecular flexibility index (Phi) is 13.1. The van der Waals surface area contributed by atoms with E-state index in [9.17, 15) is 24.0 Å². The Balaban J connectivity index is 0.652. The molecule has 1 atom stereocenters. The molecule has 1 unspecified atom stereocenters. The Labute approximate surface area is 394 Å². The molecule has 360 valence electrons. The van der Waals surface area contributed by atoms with Crippen molar-refractivity contribution in [2.45, 2.75) is 90.3 Å². The lowest BCUT2D eigenvalue weighted by Gasteiger charge is -2.40. The van der Waals surface area contributed by atoms with Gasteiger partial charge >= 0.3 is 0 Å². The summed E-state index contributed by atoms with van der Waals surface area (Å²) in [5.74, 6) is -2.14. The van der Waals surface area contributed by atoms with Crippen LogP contribution in [0.3, 0.4) is 0 Å². The third kappa shape index (κ3) is 9.13. The lowest BCUT2D eigenvalue weighted by atomic mass is 9.96. The van der Waals surface area contributed by atoms with Crippen LogP contribution in [0.25, 0.3) is 11.0 Å². The number of hydrogen-bond acceptors (Lipinski definition) is 13. The molecule has 10 rings (SSSR count). The number of piperidine rings is 2. The summed E-state index contributed by atoms with van der Waals surface area (Å²) < 4.78 is 33.2. The second-order valence-corrected chi connectivity index (χ2v) is 19.7. The largest absolute Gasteiger partial charge is 0.368 e. The van der Waals surface area contributed by atoms with Crippen molar-refractivity contribution in [2.24, 2.45) is 5.92 Å². The highest BCUT2D eigenvalue weighted by molar-refractivity contribution is 6.05. The van der Waals surface area contributed by atoms with Crippen LogP contribution >= 0.6 is 0 Å². The van der Waals surface area contributed by atoms with Crippen LogP contribution in [0, 0.1) is 24.5 Å². The molecule has 4 aromatic rings. The maximum atomic E-state index is 16.0. The summed E-state index contributed by atoms with van der Waals surface area (Å²) in [6.45, 7) is 14.5. The van der Waals surface area contributed by atoms with Crippen molar-refractivity contribution in [3.8, 4) is 0 Å². The fraction of sp³-hybridized carbons (Fsp3) is 0.560. The number of likely N-dealkylation sites (tertiary alicyclic amines) is 1. The molecule has 3 aromatic heterocycles. The van der Waals surface area contributed by atoms with Gasteiger partial charge in [-0.2, -0.15) is 0 Å². The van der Waals surface area contributed by atoms with Gasteiger partial charge in [0, 0.05) is 107 Å². The summed E-state index contributed by atoms with van der Waals surface area (Å²) in [6, 6.07) is 4.42. The zero-order valence-corrected chi connectivity index (χ0v) is 39.2. The number of nitrogens with one attached hydrogen (secondary N) is 1. The zero-order valence-electron chi connectivity index (χ0n) is 39.2. The molecular weight excluding hydrogens is 873 g/mol. The predicted molar refractivity (Wildman–Crippen MR) is 252 cm³/mol. The maximum Gasteiger partial charge on any atom is 0.263 e. The quantitative estimate of drug-likeness (QED) is 0.160. The number of benzene rings is 1. The van der Waals surface area contributed by atoms with Gasteiger partial charge in [-0.25, -0.2) is 18.7 Å². The molecule has 1 N–H and O–H groups in total.